The van der Waals surface area contributed by atoms with Crippen molar-refractivity contribution in [1.29, 1.82) is 0 Å². The fourth-order valence-electron chi connectivity index (χ4n) is 2.17. The molecule has 1 aromatic rings. The third-order valence-corrected chi connectivity index (χ3v) is 3.39. The summed E-state index contributed by atoms with van der Waals surface area (Å²) in [7, 11) is 1.96. The largest absolute Gasteiger partial charge is 0.372 e. The average molecular weight is 266 g/mol. The first-order valence-corrected chi connectivity index (χ1v) is 7.34. The number of rotatable bonds is 9. The average Bonchev–Trinajstić information content (AvgIpc) is 2.41. The lowest BCUT2D eigenvalue weighted by molar-refractivity contribution is 0.489. The van der Waals surface area contributed by atoms with E-state index < -0.39 is 0 Å². The Kier molecular flexibility index (Phi) is 7.49. The van der Waals surface area contributed by atoms with Gasteiger partial charge in [-0.3, -0.25) is 0 Å². The van der Waals surface area contributed by atoms with Gasteiger partial charge in [-0.2, -0.15) is 0 Å². The van der Waals surface area contributed by atoms with Gasteiger partial charge in [0.1, 0.15) is 5.82 Å². The Labute approximate surface area is 117 Å². The Morgan fingerprint density at radius 2 is 2.00 bits per heavy atom. The predicted octanol–water partition coefficient (Wildman–Crippen LogP) is 3.82. The Morgan fingerprint density at radius 1 is 1.26 bits per heavy atom. The Balaban J connectivity index is 2.21. The van der Waals surface area contributed by atoms with Gasteiger partial charge in [-0.25, -0.2) is 4.39 Å². The molecule has 0 aliphatic heterocycles. The highest BCUT2D eigenvalue weighted by Crippen LogP contribution is 2.17. The molecule has 3 heteroatoms. The number of benzene rings is 1. The van der Waals surface area contributed by atoms with Gasteiger partial charge in [-0.05, 0) is 44.9 Å². The number of hydrogen-bond donors (Lipinski definition) is 1. The highest BCUT2D eigenvalue weighted by Gasteiger charge is 2.06. The van der Waals surface area contributed by atoms with E-state index in [1.807, 2.05) is 24.1 Å². The first-order chi connectivity index (χ1) is 9.15. The SMILES string of the molecule is CCCNC(C)CCCCN(C)c1ccccc1F. The maximum absolute atomic E-state index is 13.6. The topological polar surface area (TPSA) is 15.3 Å². The zero-order valence-electron chi connectivity index (χ0n) is 12.5. The van der Waals surface area contributed by atoms with Gasteiger partial charge in [0.25, 0.3) is 0 Å². The summed E-state index contributed by atoms with van der Waals surface area (Å²) in [5.41, 5.74) is 0.694. The lowest BCUT2D eigenvalue weighted by Gasteiger charge is -2.20. The van der Waals surface area contributed by atoms with Gasteiger partial charge in [-0.1, -0.05) is 25.5 Å². The normalized spacial score (nSPS) is 12.4. The van der Waals surface area contributed by atoms with Crippen LogP contribution in [-0.2, 0) is 0 Å². The first-order valence-electron chi connectivity index (χ1n) is 7.34. The highest BCUT2D eigenvalue weighted by molar-refractivity contribution is 5.46. The number of unbranched alkanes of at least 4 members (excludes halogenated alkanes) is 1. The minimum atomic E-state index is -0.136. The number of hydrogen-bond acceptors (Lipinski definition) is 2. The van der Waals surface area contributed by atoms with Crippen LogP contribution in [-0.4, -0.2) is 26.2 Å². The second-order valence-corrected chi connectivity index (χ2v) is 5.22. The summed E-state index contributed by atoms with van der Waals surface area (Å²) in [6, 6.07) is 7.54. The molecule has 0 amide bonds. The van der Waals surface area contributed by atoms with Crippen molar-refractivity contribution in [3.63, 3.8) is 0 Å². The number of anilines is 1. The number of para-hydroxylation sites is 1. The first kappa shape index (κ1) is 16.0. The quantitative estimate of drug-likeness (QED) is 0.684. The zero-order chi connectivity index (χ0) is 14.1. The molecule has 0 aliphatic rings. The lowest BCUT2D eigenvalue weighted by Crippen LogP contribution is -2.27. The zero-order valence-corrected chi connectivity index (χ0v) is 12.5. The Hall–Kier alpha value is -1.09. The van der Waals surface area contributed by atoms with E-state index in [4.69, 9.17) is 0 Å². The van der Waals surface area contributed by atoms with E-state index in [0.29, 0.717) is 11.7 Å². The van der Waals surface area contributed by atoms with Crippen molar-refractivity contribution >= 4 is 5.69 Å². The van der Waals surface area contributed by atoms with Crippen molar-refractivity contribution < 1.29 is 4.39 Å². The summed E-state index contributed by atoms with van der Waals surface area (Å²) < 4.78 is 13.6. The molecule has 0 aliphatic carbocycles. The van der Waals surface area contributed by atoms with E-state index in [2.05, 4.69) is 19.2 Å². The molecule has 0 saturated carbocycles. The summed E-state index contributed by atoms with van der Waals surface area (Å²) in [5.74, 6) is -0.136. The lowest BCUT2D eigenvalue weighted by atomic mass is 10.1. The van der Waals surface area contributed by atoms with Crippen LogP contribution >= 0.6 is 0 Å². The molecule has 0 spiro atoms. The molecule has 19 heavy (non-hydrogen) atoms. The molecule has 1 N–H and O–H groups in total. The van der Waals surface area contributed by atoms with Crippen molar-refractivity contribution in [2.24, 2.45) is 0 Å². The molecule has 0 radical (unpaired) electrons. The molecule has 0 aromatic heterocycles. The van der Waals surface area contributed by atoms with Crippen LogP contribution in [0.1, 0.15) is 39.5 Å². The van der Waals surface area contributed by atoms with E-state index in [0.717, 1.165) is 19.5 Å². The van der Waals surface area contributed by atoms with E-state index in [1.165, 1.54) is 25.3 Å². The summed E-state index contributed by atoms with van der Waals surface area (Å²) in [6.45, 7) is 6.41. The van der Waals surface area contributed by atoms with Crippen molar-refractivity contribution in [3.05, 3.63) is 30.1 Å². The summed E-state index contributed by atoms with van der Waals surface area (Å²) in [6.07, 6.45) is 4.64. The standard InChI is InChI=1S/C16H27FN2/c1-4-12-18-14(2)9-7-8-13-19(3)16-11-6-5-10-15(16)17/h5-6,10-11,14,18H,4,7-9,12-13H2,1-3H3. The molecule has 1 aromatic carbocycles. The minimum Gasteiger partial charge on any atom is -0.372 e. The van der Waals surface area contributed by atoms with Crippen LogP contribution in [0.25, 0.3) is 0 Å². The van der Waals surface area contributed by atoms with Gasteiger partial charge in [0, 0.05) is 19.6 Å². The smallest absolute Gasteiger partial charge is 0.146 e. The third-order valence-electron chi connectivity index (χ3n) is 3.39. The molecule has 108 valence electrons. The van der Waals surface area contributed by atoms with Gasteiger partial charge >= 0.3 is 0 Å². The number of nitrogens with zero attached hydrogens (tertiary/aromatic N) is 1. The van der Waals surface area contributed by atoms with Crippen LogP contribution in [0.15, 0.2) is 24.3 Å². The summed E-state index contributed by atoms with van der Waals surface area (Å²) in [5, 5.41) is 3.49. The Bertz CT molecular complexity index is 354. The second-order valence-electron chi connectivity index (χ2n) is 5.22. The van der Waals surface area contributed by atoms with Gasteiger partial charge < -0.3 is 10.2 Å². The third kappa shape index (κ3) is 6.06. The molecule has 1 atom stereocenters. The molecular weight excluding hydrogens is 239 g/mol. The molecule has 0 saturated heterocycles. The van der Waals surface area contributed by atoms with E-state index in [-0.39, 0.29) is 5.82 Å². The van der Waals surface area contributed by atoms with Gasteiger partial charge in [0.15, 0.2) is 0 Å². The maximum atomic E-state index is 13.6. The van der Waals surface area contributed by atoms with Crippen LogP contribution in [0, 0.1) is 5.82 Å². The monoisotopic (exact) mass is 266 g/mol. The summed E-state index contributed by atoms with van der Waals surface area (Å²) >= 11 is 0. The van der Waals surface area contributed by atoms with Crippen molar-refractivity contribution in [2.45, 2.75) is 45.6 Å². The van der Waals surface area contributed by atoms with Crippen LogP contribution in [0.2, 0.25) is 0 Å². The molecule has 0 bridgehead atoms. The van der Waals surface area contributed by atoms with Crippen LogP contribution in [0.4, 0.5) is 10.1 Å². The van der Waals surface area contributed by atoms with Crippen molar-refractivity contribution in [2.75, 3.05) is 25.0 Å². The Morgan fingerprint density at radius 3 is 2.68 bits per heavy atom. The minimum absolute atomic E-state index is 0.136. The molecule has 0 fully saturated rings. The van der Waals surface area contributed by atoms with Gasteiger partial charge in [0.2, 0.25) is 0 Å². The van der Waals surface area contributed by atoms with E-state index in [1.54, 1.807) is 6.07 Å². The van der Waals surface area contributed by atoms with Crippen LogP contribution < -0.4 is 10.2 Å². The fourth-order valence-corrected chi connectivity index (χ4v) is 2.17. The summed E-state index contributed by atoms with van der Waals surface area (Å²) in [4.78, 5) is 2.00. The van der Waals surface area contributed by atoms with Crippen molar-refractivity contribution in [3.8, 4) is 0 Å². The van der Waals surface area contributed by atoms with Crippen molar-refractivity contribution in [1.82, 2.24) is 5.32 Å². The molecule has 1 rings (SSSR count). The van der Waals surface area contributed by atoms with E-state index in [9.17, 15) is 4.39 Å². The molecule has 1 unspecified atom stereocenters. The van der Waals surface area contributed by atoms with E-state index >= 15 is 0 Å². The maximum Gasteiger partial charge on any atom is 0.146 e. The second kappa shape index (κ2) is 8.92. The molecule has 2 nitrogen and oxygen atoms in total. The van der Waals surface area contributed by atoms with Gasteiger partial charge in [0.05, 0.1) is 5.69 Å². The molecular formula is C16H27FN2. The van der Waals surface area contributed by atoms with Crippen LogP contribution in [0.3, 0.4) is 0 Å². The fraction of sp³-hybridized carbons (Fsp3) is 0.625. The van der Waals surface area contributed by atoms with Gasteiger partial charge in [-0.15, -0.1) is 0 Å². The molecule has 0 heterocycles. The number of halogens is 1. The number of nitrogens with one attached hydrogen (secondary N) is 1. The van der Waals surface area contributed by atoms with Crippen LogP contribution in [0.5, 0.6) is 0 Å². The highest BCUT2D eigenvalue weighted by atomic mass is 19.1. The predicted molar refractivity (Wildman–Crippen MR) is 81.3 cm³/mol.